The van der Waals surface area contributed by atoms with E-state index in [4.69, 9.17) is 10.7 Å². The molecular formula is C6H10ClNO3S. The number of amides is 1. The third-order valence-electron chi connectivity index (χ3n) is 1.96. The molecule has 0 saturated carbocycles. The molecule has 1 aliphatic heterocycles. The zero-order valence-electron chi connectivity index (χ0n) is 6.66. The molecule has 1 heterocycles. The predicted molar refractivity (Wildman–Crippen MR) is 45.4 cm³/mol. The van der Waals surface area contributed by atoms with Gasteiger partial charge in [-0.3, -0.25) is 4.79 Å². The van der Waals surface area contributed by atoms with E-state index in [2.05, 4.69) is 0 Å². The first-order valence-electron chi connectivity index (χ1n) is 3.66. The summed E-state index contributed by atoms with van der Waals surface area (Å²) in [5, 5.41) is -0.716. The highest BCUT2D eigenvalue weighted by atomic mass is 35.7. The van der Waals surface area contributed by atoms with Crippen molar-refractivity contribution in [3.05, 3.63) is 0 Å². The van der Waals surface area contributed by atoms with Crippen molar-refractivity contribution in [3.63, 3.8) is 0 Å². The lowest BCUT2D eigenvalue weighted by Gasteiger charge is -2.11. The van der Waals surface area contributed by atoms with E-state index in [-0.39, 0.29) is 18.9 Å². The van der Waals surface area contributed by atoms with E-state index < -0.39 is 14.3 Å². The molecule has 1 atom stereocenters. The maximum absolute atomic E-state index is 11.1. The third kappa shape index (κ3) is 1.90. The molecule has 4 nitrogen and oxygen atoms in total. The number of likely N-dealkylation sites (tertiary alicyclic amines) is 1. The fourth-order valence-electron chi connectivity index (χ4n) is 1.23. The number of rotatable bonds is 2. The second-order valence-corrected chi connectivity index (χ2v) is 5.64. The topological polar surface area (TPSA) is 54.5 Å². The summed E-state index contributed by atoms with van der Waals surface area (Å²) in [6.45, 7) is 2.59. The summed E-state index contributed by atoms with van der Waals surface area (Å²) in [7, 11) is 1.55. The van der Waals surface area contributed by atoms with E-state index in [0.717, 1.165) is 0 Å². The van der Waals surface area contributed by atoms with Crippen molar-refractivity contribution in [2.24, 2.45) is 0 Å². The van der Waals surface area contributed by atoms with Gasteiger partial charge in [0, 0.05) is 30.2 Å². The summed E-state index contributed by atoms with van der Waals surface area (Å²) in [4.78, 5) is 12.6. The van der Waals surface area contributed by atoms with Crippen LogP contribution in [0.3, 0.4) is 0 Å². The van der Waals surface area contributed by atoms with Gasteiger partial charge < -0.3 is 4.90 Å². The zero-order valence-corrected chi connectivity index (χ0v) is 8.23. The molecule has 1 fully saturated rings. The molecule has 0 unspecified atom stereocenters. The van der Waals surface area contributed by atoms with Crippen molar-refractivity contribution < 1.29 is 13.2 Å². The van der Waals surface area contributed by atoms with Gasteiger partial charge in [0.05, 0.1) is 0 Å². The molecule has 0 aromatic carbocycles. The molecule has 1 saturated heterocycles. The smallest absolute Gasteiger partial charge is 0.237 e. The van der Waals surface area contributed by atoms with Crippen LogP contribution in [-0.4, -0.2) is 37.6 Å². The SMILES string of the molecule is CCN1C[C@@H](S(=O)(=O)Cl)CC1=O. The zero-order chi connectivity index (χ0) is 9.35. The normalized spacial score (nSPS) is 25.0. The fourth-order valence-corrected chi connectivity index (χ4v) is 2.29. The summed E-state index contributed by atoms with van der Waals surface area (Å²) in [5.41, 5.74) is 0. The standard InChI is InChI=1S/C6H10ClNO3S/c1-2-8-4-5(3-6(8)9)12(7,10)11/h5H,2-4H2,1H3/t5-/m0/s1. The van der Waals surface area contributed by atoms with Gasteiger partial charge in [-0.25, -0.2) is 8.42 Å². The minimum absolute atomic E-state index is 0.0275. The van der Waals surface area contributed by atoms with E-state index in [1.807, 2.05) is 0 Å². The summed E-state index contributed by atoms with van der Waals surface area (Å²) in [6, 6.07) is 0. The Morgan fingerprint density at radius 3 is 2.50 bits per heavy atom. The fraction of sp³-hybridized carbons (Fsp3) is 0.833. The Balaban J connectivity index is 2.73. The van der Waals surface area contributed by atoms with E-state index in [1.165, 1.54) is 4.90 Å². The molecule has 0 aliphatic carbocycles. The number of nitrogens with zero attached hydrogens (tertiary/aromatic N) is 1. The minimum atomic E-state index is -3.57. The van der Waals surface area contributed by atoms with Gasteiger partial charge in [0.15, 0.2) is 0 Å². The Bertz CT molecular complexity index is 287. The summed E-state index contributed by atoms with van der Waals surface area (Å²) >= 11 is 0. The lowest BCUT2D eigenvalue weighted by atomic mass is 10.4. The Hall–Kier alpha value is -0.290. The van der Waals surface area contributed by atoms with E-state index in [1.54, 1.807) is 6.92 Å². The van der Waals surface area contributed by atoms with E-state index in [0.29, 0.717) is 6.54 Å². The van der Waals surface area contributed by atoms with Gasteiger partial charge in [0.25, 0.3) is 0 Å². The second-order valence-electron chi connectivity index (χ2n) is 2.73. The van der Waals surface area contributed by atoms with Gasteiger partial charge in [-0.2, -0.15) is 0 Å². The Labute approximate surface area is 75.9 Å². The van der Waals surface area contributed by atoms with E-state index in [9.17, 15) is 13.2 Å². The second kappa shape index (κ2) is 3.22. The summed E-state index contributed by atoms with van der Waals surface area (Å²) < 4.78 is 21.7. The Morgan fingerprint density at radius 2 is 2.25 bits per heavy atom. The lowest BCUT2D eigenvalue weighted by molar-refractivity contribution is -0.127. The van der Waals surface area contributed by atoms with Gasteiger partial charge in [0.2, 0.25) is 15.0 Å². The largest absolute Gasteiger partial charge is 0.342 e. The number of hydrogen-bond acceptors (Lipinski definition) is 3. The molecule has 0 radical (unpaired) electrons. The molecule has 6 heteroatoms. The number of carbonyl (C=O) groups excluding carboxylic acids is 1. The van der Waals surface area contributed by atoms with Crippen molar-refractivity contribution in [3.8, 4) is 0 Å². The van der Waals surface area contributed by atoms with Crippen molar-refractivity contribution in [1.29, 1.82) is 0 Å². The van der Waals surface area contributed by atoms with Crippen LogP contribution in [0.2, 0.25) is 0 Å². The lowest BCUT2D eigenvalue weighted by Crippen LogP contribution is -2.26. The quantitative estimate of drug-likeness (QED) is 0.613. The Kier molecular flexibility index (Phi) is 2.63. The molecule has 1 aliphatic rings. The average molecular weight is 212 g/mol. The van der Waals surface area contributed by atoms with Crippen LogP contribution in [0, 0.1) is 0 Å². The minimum Gasteiger partial charge on any atom is -0.342 e. The molecule has 0 aromatic rings. The van der Waals surface area contributed by atoms with E-state index >= 15 is 0 Å². The number of carbonyl (C=O) groups is 1. The van der Waals surface area contributed by atoms with Gasteiger partial charge >= 0.3 is 0 Å². The monoisotopic (exact) mass is 211 g/mol. The summed E-state index contributed by atoms with van der Waals surface area (Å²) in [6.07, 6.45) is 0.0275. The maximum atomic E-state index is 11.1. The first-order valence-corrected chi connectivity index (χ1v) is 6.03. The first-order chi connectivity index (χ1) is 5.45. The van der Waals surface area contributed by atoms with Crippen LogP contribution in [-0.2, 0) is 13.8 Å². The van der Waals surface area contributed by atoms with Crippen molar-refractivity contribution >= 4 is 25.6 Å². The highest BCUT2D eigenvalue weighted by molar-refractivity contribution is 8.14. The van der Waals surface area contributed by atoms with Gasteiger partial charge in [-0.05, 0) is 6.92 Å². The van der Waals surface area contributed by atoms with Crippen LogP contribution in [0.4, 0.5) is 0 Å². The highest BCUT2D eigenvalue weighted by Crippen LogP contribution is 2.20. The maximum Gasteiger partial charge on any atom is 0.237 e. The van der Waals surface area contributed by atoms with Crippen LogP contribution in [0.1, 0.15) is 13.3 Å². The van der Waals surface area contributed by atoms with Crippen molar-refractivity contribution in [2.45, 2.75) is 18.6 Å². The van der Waals surface area contributed by atoms with Crippen LogP contribution < -0.4 is 0 Å². The highest BCUT2D eigenvalue weighted by Gasteiger charge is 2.36. The molecule has 1 amide bonds. The molecule has 0 aromatic heterocycles. The molecule has 70 valence electrons. The first kappa shape index (κ1) is 9.80. The third-order valence-corrected chi connectivity index (χ3v) is 3.83. The molecular weight excluding hydrogens is 202 g/mol. The van der Waals surface area contributed by atoms with Crippen LogP contribution in [0.5, 0.6) is 0 Å². The molecule has 0 spiro atoms. The molecule has 1 rings (SSSR count). The van der Waals surface area contributed by atoms with Gasteiger partial charge in [0.1, 0.15) is 5.25 Å². The van der Waals surface area contributed by atoms with Crippen LogP contribution >= 0.6 is 10.7 Å². The molecule has 0 bridgehead atoms. The molecule has 12 heavy (non-hydrogen) atoms. The summed E-state index contributed by atoms with van der Waals surface area (Å²) in [5.74, 6) is -0.133. The van der Waals surface area contributed by atoms with Crippen molar-refractivity contribution in [1.82, 2.24) is 4.90 Å². The molecule has 0 N–H and O–H groups in total. The van der Waals surface area contributed by atoms with Crippen LogP contribution in [0.15, 0.2) is 0 Å². The number of halogens is 1. The van der Waals surface area contributed by atoms with Crippen LogP contribution in [0.25, 0.3) is 0 Å². The number of hydrogen-bond donors (Lipinski definition) is 0. The van der Waals surface area contributed by atoms with Gasteiger partial charge in [-0.1, -0.05) is 0 Å². The average Bonchev–Trinajstić information content (AvgIpc) is 2.29. The Morgan fingerprint density at radius 1 is 1.67 bits per heavy atom. The van der Waals surface area contributed by atoms with Crippen molar-refractivity contribution in [2.75, 3.05) is 13.1 Å². The van der Waals surface area contributed by atoms with Gasteiger partial charge in [-0.15, -0.1) is 0 Å². The predicted octanol–water partition coefficient (Wildman–Crippen LogP) is 0.176.